The SMILES string of the molecule is CC[C@H](C)NC(=O)[C@H](C)N(Cc1ccc(Cl)c(Cl)c1)C(=O)CN(c1ccccc1OC)S(=O)(=O)c1ccccc1. The highest BCUT2D eigenvalue weighted by Crippen LogP contribution is 2.32. The van der Waals surface area contributed by atoms with Gasteiger partial charge in [-0.1, -0.05) is 66.5 Å². The molecule has 0 fully saturated rings. The van der Waals surface area contributed by atoms with Gasteiger partial charge in [0.05, 0.1) is 27.7 Å². The van der Waals surface area contributed by atoms with E-state index in [1.165, 1.54) is 24.1 Å². The van der Waals surface area contributed by atoms with E-state index in [-0.39, 0.29) is 34.8 Å². The minimum atomic E-state index is -4.20. The molecule has 8 nitrogen and oxygen atoms in total. The molecule has 3 rings (SSSR count). The Morgan fingerprint density at radius 3 is 2.23 bits per heavy atom. The second-order valence-corrected chi connectivity index (χ2v) is 11.9. The largest absolute Gasteiger partial charge is 0.495 e. The summed E-state index contributed by atoms with van der Waals surface area (Å²) in [5.74, 6) is -0.686. The third-order valence-corrected chi connectivity index (χ3v) is 8.98. The van der Waals surface area contributed by atoms with Crippen LogP contribution in [0.2, 0.25) is 10.0 Å². The molecule has 40 heavy (non-hydrogen) atoms. The van der Waals surface area contributed by atoms with Crippen molar-refractivity contribution in [3.05, 3.63) is 88.4 Å². The van der Waals surface area contributed by atoms with E-state index in [9.17, 15) is 18.0 Å². The third-order valence-electron chi connectivity index (χ3n) is 6.47. The molecule has 3 aromatic carbocycles. The van der Waals surface area contributed by atoms with Crippen LogP contribution in [0.25, 0.3) is 0 Å². The van der Waals surface area contributed by atoms with E-state index in [0.717, 1.165) is 4.31 Å². The van der Waals surface area contributed by atoms with Crippen molar-refractivity contribution in [2.24, 2.45) is 0 Å². The predicted molar refractivity (Wildman–Crippen MR) is 158 cm³/mol. The number of rotatable bonds is 12. The highest BCUT2D eigenvalue weighted by molar-refractivity contribution is 7.92. The van der Waals surface area contributed by atoms with Gasteiger partial charge in [-0.25, -0.2) is 8.42 Å². The van der Waals surface area contributed by atoms with E-state index in [1.807, 2.05) is 13.8 Å². The van der Waals surface area contributed by atoms with Crippen LogP contribution in [-0.4, -0.2) is 50.9 Å². The number of methoxy groups -OCH3 is 1. The van der Waals surface area contributed by atoms with Crippen LogP contribution < -0.4 is 14.4 Å². The zero-order valence-electron chi connectivity index (χ0n) is 22.8. The maximum Gasteiger partial charge on any atom is 0.264 e. The quantitative estimate of drug-likeness (QED) is 0.293. The Hall–Kier alpha value is -3.27. The first kappa shape index (κ1) is 31.3. The van der Waals surface area contributed by atoms with Gasteiger partial charge < -0.3 is 15.0 Å². The number of ether oxygens (including phenoxy) is 1. The lowest BCUT2D eigenvalue weighted by molar-refractivity contribution is -0.139. The molecule has 3 aromatic rings. The van der Waals surface area contributed by atoms with E-state index in [0.29, 0.717) is 22.0 Å². The van der Waals surface area contributed by atoms with Crippen LogP contribution in [0.4, 0.5) is 5.69 Å². The lowest BCUT2D eigenvalue weighted by Gasteiger charge is -2.32. The van der Waals surface area contributed by atoms with Crippen molar-refractivity contribution in [3.8, 4) is 5.75 Å². The summed E-state index contributed by atoms with van der Waals surface area (Å²) in [6.07, 6.45) is 0.704. The number of carbonyl (C=O) groups excluding carboxylic acids is 2. The molecule has 0 bridgehead atoms. The fourth-order valence-electron chi connectivity index (χ4n) is 3.95. The number of hydrogen-bond donors (Lipinski definition) is 1. The van der Waals surface area contributed by atoms with E-state index >= 15 is 0 Å². The van der Waals surface area contributed by atoms with Gasteiger partial charge in [0, 0.05) is 12.6 Å². The fourth-order valence-corrected chi connectivity index (χ4v) is 5.72. The van der Waals surface area contributed by atoms with Crippen molar-refractivity contribution in [1.82, 2.24) is 10.2 Å². The number of anilines is 1. The Kier molecular flexibility index (Phi) is 10.8. The van der Waals surface area contributed by atoms with Gasteiger partial charge in [-0.2, -0.15) is 0 Å². The molecule has 0 saturated carbocycles. The van der Waals surface area contributed by atoms with Gasteiger partial charge in [-0.3, -0.25) is 13.9 Å². The molecule has 2 amide bonds. The van der Waals surface area contributed by atoms with Crippen molar-refractivity contribution < 1.29 is 22.7 Å². The molecule has 11 heteroatoms. The first-order chi connectivity index (χ1) is 19.0. The molecule has 0 saturated heterocycles. The Morgan fingerprint density at radius 1 is 0.950 bits per heavy atom. The van der Waals surface area contributed by atoms with Crippen LogP contribution >= 0.6 is 23.2 Å². The lowest BCUT2D eigenvalue weighted by Crippen LogP contribution is -2.52. The first-order valence-electron chi connectivity index (χ1n) is 12.7. The maximum absolute atomic E-state index is 14.0. The smallest absolute Gasteiger partial charge is 0.264 e. The lowest BCUT2D eigenvalue weighted by atomic mass is 10.1. The highest BCUT2D eigenvalue weighted by atomic mass is 35.5. The van der Waals surface area contributed by atoms with Crippen molar-refractivity contribution in [3.63, 3.8) is 0 Å². The van der Waals surface area contributed by atoms with Crippen LogP contribution in [0.5, 0.6) is 5.75 Å². The number of amides is 2. The second-order valence-electron chi connectivity index (χ2n) is 9.26. The number of sulfonamides is 1. The molecule has 2 atom stereocenters. The number of nitrogens with one attached hydrogen (secondary N) is 1. The number of hydrogen-bond acceptors (Lipinski definition) is 5. The molecule has 0 aliphatic rings. The summed E-state index contributed by atoms with van der Waals surface area (Å²) in [6.45, 7) is 4.82. The highest BCUT2D eigenvalue weighted by Gasteiger charge is 2.34. The Bertz CT molecular complexity index is 1440. The van der Waals surface area contributed by atoms with Crippen LogP contribution in [0.15, 0.2) is 77.7 Å². The number of benzene rings is 3. The molecule has 0 aliphatic heterocycles. The van der Waals surface area contributed by atoms with Crippen LogP contribution in [0, 0.1) is 0 Å². The standard InChI is InChI=1S/C29H33Cl2N3O5S/c1-5-20(2)32-29(36)21(3)33(18-22-15-16-24(30)25(31)17-22)28(35)19-34(26-13-9-10-14-27(26)39-4)40(37,38)23-11-7-6-8-12-23/h6-17,20-21H,5,18-19H2,1-4H3,(H,32,36)/t20-,21-/m0/s1. The van der Waals surface area contributed by atoms with Gasteiger partial charge in [0.15, 0.2) is 0 Å². The average molecular weight is 607 g/mol. The molecule has 214 valence electrons. The Morgan fingerprint density at radius 2 is 1.60 bits per heavy atom. The number of halogens is 2. The van der Waals surface area contributed by atoms with E-state index in [1.54, 1.807) is 67.6 Å². The summed E-state index contributed by atoms with van der Waals surface area (Å²) in [7, 11) is -2.78. The summed E-state index contributed by atoms with van der Waals surface area (Å²) in [6, 6.07) is 18.2. The number of para-hydroxylation sites is 2. The molecular weight excluding hydrogens is 573 g/mol. The summed E-state index contributed by atoms with van der Waals surface area (Å²) >= 11 is 12.3. The number of nitrogens with zero attached hydrogens (tertiary/aromatic N) is 2. The second kappa shape index (κ2) is 13.9. The molecule has 0 unspecified atom stereocenters. The van der Waals surface area contributed by atoms with Crippen molar-refractivity contribution in [1.29, 1.82) is 0 Å². The topological polar surface area (TPSA) is 96.0 Å². The van der Waals surface area contributed by atoms with Crippen LogP contribution in [-0.2, 0) is 26.2 Å². The third kappa shape index (κ3) is 7.47. The summed E-state index contributed by atoms with van der Waals surface area (Å²) < 4.78 is 34.2. The minimum Gasteiger partial charge on any atom is -0.495 e. The summed E-state index contributed by atoms with van der Waals surface area (Å²) in [5.41, 5.74) is 0.814. The normalized spacial score (nSPS) is 12.8. The monoisotopic (exact) mass is 605 g/mol. The van der Waals surface area contributed by atoms with Gasteiger partial charge in [0.1, 0.15) is 18.3 Å². The van der Waals surface area contributed by atoms with Crippen molar-refractivity contribution >= 4 is 50.7 Å². The fraction of sp³-hybridized carbons (Fsp3) is 0.310. The molecular formula is C29H33Cl2N3O5S. The van der Waals surface area contributed by atoms with Crippen molar-refractivity contribution in [2.75, 3.05) is 18.0 Å². The molecule has 1 N–H and O–H groups in total. The minimum absolute atomic E-state index is 0.00400. The Balaban J connectivity index is 2.06. The van der Waals surface area contributed by atoms with Crippen molar-refractivity contribution in [2.45, 2.75) is 50.7 Å². The molecule has 0 aromatic heterocycles. The zero-order chi connectivity index (χ0) is 29.4. The first-order valence-corrected chi connectivity index (χ1v) is 14.9. The van der Waals surface area contributed by atoms with E-state index < -0.39 is 28.5 Å². The molecule has 0 heterocycles. The van der Waals surface area contributed by atoms with Crippen LogP contribution in [0.1, 0.15) is 32.8 Å². The van der Waals surface area contributed by atoms with E-state index in [4.69, 9.17) is 27.9 Å². The van der Waals surface area contributed by atoms with Gasteiger partial charge in [-0.15, -0.1) is 0 Å². The summed E-state index contributed by atoms with van der Waals surface area (Å²) in [4.78, 5) is 28.5. The van der Waals surface area contributed by atoms with E-state index in [2.05, 4.69) is 5.32 Å². The predicted octanol–water partition coefficient (Wildman–Crippen LogP) is 5.53. The Labute approximate surface area is 245 Å². The van der Waals surface area contributed by atoms with Gasteiger partial charge in [0.25, 0.3) is 10.0 Å². The van der Waals surface area contributed by atoms with Gasteiger partial charge in [0.2, 0.25) is 11.8 Å². The summed E-state index contributed by atoms with van der Waals surface area (Å²) in [5, 5.41) is 3.54. The average Bonchev–Trinajstić information content (AvgIpc) is 2.96. The molecule has 0 spiro atoms. The van der Waals surface area contributed by atoms with Gasteiger partial charge in [-0.05, 0) is 62.2 Å². The maximum atomic E-state index is 14.0. The van der Waals surface area contributed by atoms with Gasteiger partial charge >= 0.3 is 0 Å². The molecule has 0 radical (unpaired) electrons. The van der Waals surface area contributed by atoms with Crippen LogP contribution in [0.3, 0.4) is 0 Å². The molecule has 0 aliphatic carbocycles. The number of carbonyl (C=O) groups is 2. The zero-order valence-corrected chi connectivity index (χ0v) is 25.1.